The Morgan fingerprint density at radius 3 is 3.00 bits per heavy atom. The molecule has 7 heteroatoms. The molecule has 1 fully saturated rings. The fraction of sp³-hybridized carbons (Fsp3) is 0.400. The van der Waals surface area contributed by atoms with Gasteiger partial charge in [0.15, 0.2) is 5.17 Å². The summed E-state index contributed by atoms with van der Waals surface area (Å²) in [7, 11) is 0. The predicted molar refractivity (Wildman–Crippen MR) is 91.4 cm³/mol. The second kappa shape index (κ2) is 7.65. The van der Waals surface area contributed by atoms with E-state index in [1.165, 1.54) is 11.8 Å². The molecule has 1 aromatic carbocycles. The van der Waals surface area contributed by atoms with Crippen LogP contribution in [0.5, 0.6) is 0 Å². The number of benzene rings is 1. The zero-order valence-corrected chi connectivity index (χ0v) is 14.0. The van der Waals surface area contributed by atoms with Gasteiger partial charge in [0.25, 0.3) is 0 Å². The maximum atomic E-state index is 12.0. The van der Waals surface area contributed by atoms with E-state index in [0.29, 0.717) is 15.9 Å². The molecule has 0 radical (unpaired) electrons. The van der Waals surface area contributed by atoms with Gasteiger partial charge in [-0.25, -0.2) is 0 Å². The third-order valence-electron chi connectivity index (χ3n) is 3.18. The Bertz CT molecular complexity index is 606. The Kier molecular flexibility index (Phi) is 5.85. The van der Waals surface area contributed by atoms with Crippen LogP contribution >= 0.6 is 23.4 Å². The lowest BCUT2D eigenvalue weighted by molar-refractivity contribution is -0.122. The van der Waals surface area contributed by atoms with E-state index in [2.05, 4.69) is 15.6 Å². The van der Waals surface area contributed by atoms with Crippen molar-refractivity contribution in [2.24, 2.45) is 4.99 Å². The summed E-state index contributed by atoms with van der Waals surface area (Å²) < 4.78 is 0. The van der Waals surface area contributed by atoms with Gasteiger partial charge < -0.3 is 10.6 Å². The van der Waals surface area contributed by atoms with Gasteiger partial charge in [0.05, 0.1) is 0 Å². The predicted octanol–water partition coefficient (Wildman–Crippen LogP) is 3.05. The van der Waals surface area contributed by atoms with Crippen LogP contribution in [-0.2, 0) is 9.59 Å². The highest BCUT2D eigenvalue weighted by Crippen LogP contribution is 2.24. The van der Waals surface area contributed by atoms with Gasteiger partial charge in [0.1, 0.15) is 5.25 Å². The van der Waals surface area contributed by atoms with Crippen molar-refractivity contribution < 1.29 is 9.59 Å². The summed E-state index contributed by atoms with van der Waals surface area (Å²) in [5, 5.41) is 6.17. The molecule has 2 atom stereocenters. The van der Waals surface area contributed by atoms with Crippen molar-refractivity contribution in [3.8, 4) is 0 Å². The highest BCUT2D eigenvalue weighted by Gasteiger charge is 2.32. The maximum absolute atomic E-state index is 12.0. The highest BCUT2D eigenvalue weighted by molar-refractivity contribution is 8.15. The number of thioether (sulfide) groups is 1. The molecule has 2 unspecified atom stereocenters. The van der Waals surface area contributed by atoms with E-state index in [9.17, 15) is 9.59 Å². The van der Waals surface area contributed by atoms with Gasteiger partial charge in [-0.05, 0) is 31.5 Å². The second-order valence-electron chi connectivity index (χ2n) is 5.05. The van der Waals surface area contributed by atoms with Crippen molar-refractivity contribution in [2.75, 3.05) is 5.32 Å². The van der Waals surface area contributed by atoms with Gasteiger partial charge in [-0.2, -0.15) is 0 Å². The van der Waals surface area contributed by atoms with Crippen LogP contribution in [0.2, 0.25) is 5.02 Å². The average Bonchev–Trinajstić information content (AvgIpc) is 2.78. The smallest absolute Gasteiger partial charge is 0.240 e. The van der Waals surface area contributed by atoms with Gasteiger partial charge in [0, 0.05) is 23.2 Å². The lowest BCUT2D eigenvalue weighted by Crippen LogP contribution is -2.28. The number of amides is 2. The normalized spacial score (nSPS) is 20.8. The maximum Gasteiger partial charge on any atom is 0.240 e. The number of hydrogen-bond acceptors (Lipinski definition) is 4. The van der Waals surface area contributed by atoms with Crippen LogP contribution in [-0.4, -0.2) is 28.3 Å². The number of carbonyl (C=O) groups excluding carboxylic acids is 2. The van der Waals surface area contributed by atoms with E-state index < -0.39 is 5.25 Å². The number of halogens is 1. The Hall–Kier alpha value is -1.53. The topological polar surface area (TPSA) is 70.6 Å². The number of nitrogens with one attached hydrogen (secondary N) is 2. The second-order valence-corrected chi connectivity index (χ2v) is 6.68. The van der Waals surface area contributed by atoms with Crippen LogP contribution in [0.3, 0.4) is 0 Å². The minimum absolute atomic E-state index is 0.0997. The minimum Gasteiger partial charge on any atom is -0.326 e. The van der Waals surface area contributed by atoms with Gasteiger partial charge >= 0.3 is 0 Å². The highest BCUT2D eigenvalue weighted by atomic mass is 35.5. The first-order valence-electron chi connectivity index (χ1n) is 7.08. The molecular formula is C15H18ClN3O2S. The van der Waals surface area contributed by atoms with Crippen molar-refractivity contribution >= 4 is 46.0 Å². The van der Waals surface area contributed by atoms with Crippen LogP contribution in [0.4, 0.5) is 5.69 Å². The van der Waals surface area contributed by atoms with E-state index in [0.717, 1.165) is 6.42 Å². The van der Waals surface area contributed by atoms with E-state index >= 15 is 0 Å². The number of aliphatic imine (C=N–C) groups is 1. The van der Waals surface area contributed by atoms with Crippen molar-refractivity contribution in [3.63, 3.8) is 0 Å². The molecule has 1 aliphatic rings. The van der Waals surface area contributed by atoms with Gasteiger partial charge in [-0.15, -0.1) is 0 Å². The average molecular weight is 340 g/mol. The number of hydrogen-bond donors (Lipinski definition) is 2. The standard InChI is InChI=1S/C15H18ClN3O2S/c1-3-9(2)17-15-19-14(21)12(22-15)8-13(20)18-11-6-4-5-10(16)7-11/h4-7,9,12H,3,8H2,1-2H3,(H,18,20)(H,17,19,21). The number of carbonyl (C=O) groups is 2. The first-order chi connectivity index (χ1) is 10.5. The molecule has 2 N–H and O–H groups in total. The molecule has 0 aromatic heterocycles. The summed E-state index contributed by atoms with van der Waals surface area (Å²) in [5.74, 6) is -0.395. The lowest BCUT2D eigenvalue weighted by Gasteiger charge is -2.07. The molecule has 0 spiro atoms. The Labute approximate surface area is 138 Å². The van der Waals surface area contributed by atoms with E-state index in [1.807, 2.05) is 13.8 Å². The molecule has 1 heterocycles. The summed E-state index contributed by atoms with van der Waals surface area (Å²) in [6.07, 6.45) is 1.00. The van der Waals surface area contributed by atoms with Crippen LogP contribution < -0.4 is 10.6 Å². The van der Waals surface area contributed by atoms with E-state index in [4.69, 9.17) is 11.6 Å². The summed E-state index contributed by atoms with van der Waals surface area (Å²) in [5.41, 5.74) is 0.620. The quantitative estimate of drug-likeness (QED) is 0.866. The molecule has 1 saturated heterocycles. The van der Waals surface area contributed by atoms with Crippen molar-refractivity contribution in [3.05, 3.63) is 29.3 Å². The summed E-state index contributed by atoms with van der Waals surface area (Å²) in [6, 6.07) is 7.06. The fourth-order valence-electron chi connectivity index (χ4n) is 1.84. The monoisotopic (exact) mass is 339 g/mol. The Morgan fingerprint density at radius 1 is 1.55 bits per heavy atom. The van der Waals surface area contributed by atoms with Crippen LogP contribution in [0.25, 0.3) is 0 Å². The largest absolute Gasteiger partial charge is 0.326 e. The van der Waals surface area contributed by atoms with Gasteiger partial charge in [-0.3, -0.25) is 14.6 Å². The molecule has 0 saturated carbocycles. The van der Waals surface area contributed by atoms with Crippen LogP contribution in [0.15, 0.2) is 29.3 Å². The zero-order chi connectivity index (χ0) is 16.1. The lowest BCUT2D eigenvalue weighted by atomic mass is 10.2. The number of rotatable bonds is 5. The third-order valence-corrected chi connectivity index (χ3v) is 4.52. The molecule has 2 rings (SSSR count). The molecule has 1 aliphatic heterocycles. The number of amidine groups is 1. The van der Waals surface area contributed by atoms with Crippen LogP contribution in [0, 0.1) is 0 Å². The minimum atomic E-state index is -0.443. The molecule has 5 nitrogen and oxygen atoms in total. The molecular weight excluding hydrogens is 322 g/mol. The molecule has 22 heavy (non-hydrogen) atoms. The molecule has 1 aromatic rings. The summed E-state index contributed by atoms with van der Waals surface area (Å²) in [6.45, 7) is 4.02. The fourth-order valence-corrected chi connectivity index (χ4v) is 3.10. The number of nitrogens with zero attached hydrogens (tertiary/aromatic N) is 1. The molecule has 2 amide bonds. The first-order valence-corrected chi connectivity index (χ1v) is 8.34. The van der Waals surface area contributed by atoms with E-state index in [-0.39, 0.29) is 24.3 Å². The molecule has 0 aliphatic carbocycles. The summed E-state index contributed by atoms with van der Waals surface area (Å²) >= 11 is 7.17. The number of anilines is 1. The van der Waals surface area contributed by atoms with Crippen LogP contribution in [0.1, 0.15) is 26.7 Å². The molecule has 0 bridgehead atoms. The summed E-state index contributed by atoms with van der Waals surface area (Å²) in [4.78, 5) is 28.3. The van der Waals surface area contributed by atoms with E-state index in [1.54, 1.807) is 24.3 Å². The van der Waals surface area contributed by atoms with Crippen molar-refractivity contribution in [1.82, 2.24) is 5.32 Å². The Morgan fingerprint density at radius 2 is 2.32 bits per heavy atom. The van der Waals surface area contributed by atoms with Crippen molar-refractivity contribution in [1.29, 1.82) is 0 Å². The first kappa shape index (κ1) is 16.8. The van der Waals surface area contributed by atoms with Crippen molar-refractivity contribution in [2.45, 2.75) is 38.0 Å². The third kappa shape index (κ3) is 4.74. The van der Waals surface area contributed by atoms with Gasteiger partial charge in [0.2, 0.25) is 11.8 Å². The SMILES string of the molecule is CCC(C)N=C1NC(=O)C(CC(=O)Nc2cccc(Cl)c2)S1. The Balaban J connectivity index is 1.92. The zero-order valence-electron chi connectivity index (χ0n) is 12.4. The molecule has 118 valence electrons. The van der Waals surface area contributed by atoms with Gasteiger partial charge in [-0.1, -0.05) is 36.4 Å².